The lowest BCUT2D eigenvalue weighted by Crippen LogP contribution is -2.26. The summed E-state index contributed by atoms with van der Waals surface area (Å²) in [6, 6.07) is 30.7. The zero-order valence-electron chi connectivity index (χ0n) is 15.5. The molecule has 0 spiro atoms. The topological polar surface area (TPSA) is 54.4 Å². The highest BCUT2D eigenvalue weighted by Gasteiger charge is 2.36. The number of carbonyl (C=O) groups excluding carboxylic acids is 1. The molecule has 0 saturated carbocycles. The third kappa shape index (κ3) is 4.52. The lowest BCUT2D eigenvalue weighted by atomic mass is 9.84. The number of ketones is 1. The predicted octanol–water partition coefficient (Wildman–Crippen LogP) is 5.15. The Hall–Kier alpha value is -2.85. The second kappa shape index (κ2) is 9.38. The third-order valence-corrected chi connectivity index (χ3v) is 6.14. The number of hydrogen-bond acceptors (Lipinski definition) is 3. The summed E-state index contributed by atoms with van der Waals surface area (Å²) in [6.45, 7) is 0. The van der Waals surface area contributed by atoms with Crippen molar-refractivity contribution in [2.45, 2.75) is 17.6 Å². The molecular weight excluding hydrogens is 368 g/mol. The number of hydrogen-bond donors (Lipinski definition) is 1. The second-order valence-corrected chi connectivity index (χ2v) is 7.80. The molecule has 0 bridgehead atoms. The molecule has 4 heteroatoms. The number of aliphatic carboxylic acids is 1. The fourth-order valence-electron chi connectivity index (χ4n) is 3.34. The normalized spacial score (nSPS) is 11.1. The van der Waals surface area contributed by atoms with Crippen LogP contribution in [-0.4, -0.2) is 22.6 Å². The average Bonchev–Trinajstić information content (AvgIpc) is 2.73. The van der Waals surface area contributed by atoms with E-state index in [1.54, 1.807) is 11.8 Å². The van der Waals surface area contributed by atoms with E-state index in [-0.39, 0.29) is 12.2 Å². The Bertz CT molecular complexity index is 812. The molecule has 0 aliphatic rings. The summed E-state index contributed by atoms with van der Waals surface area (Å²) in [5.41, 5.74) is 3.38. The van der Waals surface area contributed by atoms with Gasteiger partial charge >= 0.3 is 5.97 Å². The van der Waals surface area contributed by atoms with Crippen LogP contribution >= 0.6 is 11.8 Å². The van der Waals surface area contributed by atoms with Gasteiger partial charge in [-0.15, -0.1) is 11.8 Å². The van der Waals surface area contributed by atoms with E-state index in [1.165, 1.54) is 0 Å². The molecule has 0 aliphatic carbocycles. The van der Waals surface area contributed by atoms with Gasteiger partial charge in [0.15, 0.2) is 0 Å². The molecule has 142 valence electrons. The number of thioether (sulfide) groups is 1. The molecular formula is C24H22O3S. The highest BCUT2D eigenvalue weighted by molar-refractivity contribution is 8.00. The van der Waals surface area contributed by atoms with Crippen LogP contribution in [0.25, 0.3) is 0 Å². The zero-order valence-corrected chi connectivity index (χ0v) is 16.3. The minimum Gasteiger partial charge on any atom is -0.481 e. The molecule has 1 N–H and O–H groups in total. The van der Waals surface area contributed by atoms with E-state index < -0.39 is 17.1 Å². The number of Topliss-reactive ketones (excluding diaryl/α,β-unsaturated/α-hetero) is 1. The Balaban J connectivity index is 2.04. The number of rotatable bonds is 9. The number of carbonyl (C=O) groups is 2. The summed E-state index contributed by atoms with van der Waals surface area (Å²) in [6.07, 6.45) is -0.194. The summed E-state index contributed by atoms with van der Waals surface area (Å²) in [5, 5.41) is 8.85. The maximum absolute atomic E-state index is 12.0. The molecule has 3 aromatic rings. The van der Waals surface area contributed by atoms with E-state index >= 15 is 0 Å². The molecule has 0 saturated heterocycles. The minimum absolute atomic E-state index is 0.227. The Morgan fingerprint density at radius 1 is 0.714 bits per heavy atom. The van der Waals surface area contributed by atoms with Crippen LogP contribution in [0.1, 0.15) is 29.5 Å². The van der Waals surface area contributed by atoms with Gasteiger partial charge in [0.1, 0.15) is 12.2 Å². The molecule has 0 fully saturated rings. The van der Waals surface area contributed by atoms with Gasteiger partial charge in [-0.1, -0.05) is 91.0 Å². The van der Waals surface area contributed by atoms with Crippen molar-refractivity contribution in [1.29, 1.82) is 0 Å². The SMILES string of the molecule is O=C(O)CC(=O)CCSC(c1ccccc1)(c1ccccc1)c1ccccc1. The molecule has 3 rings (SSSR count). The summed E-state index contributed by atoms with van der Waals surface area (Å²) >= 11 is 1.67. The molecule has 0 atom stereocenters. The van der Waals surface area contributed by atoms with Crippen molar-refractivity contribution < 1.29 is 14.7 Å². The Kier molecular flexibility index (Phi) is 6.66. The van der Waals surface area contributed by atoms with Gasteiger partial charge in [0.25, 0.3) is 0 Å². The predicted molar refractivity (Wildman–Crippen MR) is 114 cm³/mol. The van der Waals surface area contributed by atoms with Gasteiger partial charge in [-0.05, 0) is 16.7 Å². The summed E-state index contributed by atoms with van der Waals surface area (Å²) < 4.78 is -0.479. The molecule has 0 aliphatic heterocycles. The smallest absolute Gasteiger partial charge is 0.310 e. The van der Waals surface area contributed by atoms with Crippen LogP contribution in [0.15, 0.2) is 91.0 Å². The third-order valence-electron chi connectivity index (χ3n) is 4.59. The first kappa shape index (κ1) is 19.9. The van der Waals surface area contributed by atoms with Crippen molar-refractivity contribution in [3.05, 3.63) is 108 Å². The fraction of sp³-hybridized carbons (Fsp3) is 0.167. The van der Waals surface area contributed by atoms with Gasteiger partial charge in [-0.2, -0.15) is 0 Å². The molecule has 0 radical (unpaired) electrons. The quantitative estimate of drug-likeness (QED) is 0.406. The van der Waals surface area contributed by atoms with E-state index in [0.717, 1.165) is 16.7 Å². The molecule has 0 amide bonds. The van der Waals surface area contributed by atoms with Crippen LogP contribution in [0.3, 0.4) is 0 Å². The number of carboxylic acids is 1. The molecule has 0 heterocycles. The van der Waals surface area contributed by atoms with Crippen LogP contribution in [0, 0.1) is 0 Å². The van der Waals surface area contributed by atoms with E-state index in [0.29, 0.717) is 5.75 Å². The Morgan fingerprint density at radius 2 is 1.11 bits per heavy atom. The molecule has 0 unspecified atom stereocenters. The number of carboxylic acid groups (broad SMARTS) is 1. The molecule has 3 aromatic carbocycles. The summed E-state index contributed by atoms with van der Waals surface area (Å²) in [5.74, 6) is -0.788. The Labute approximate surface area is 169 Å². The van der Waals surface area contributed by atoms with Gasteiger partial charge < -0.3 is 5.11 Å². The standard InChI is InChI=1S/C24H22O3S/c25-22(18-23(26)27)16-17-28-24(19-10-4-1-5-11-19,20-12-6-2-7-13-20)21-14-8-3-9-15-21/h1-15H,16-18H2,(H,26,27). The highest BCUT2D eigenvalue weighted by atomic mass is 32.2. The van der Waals surface area contributed by atoms with E-state index in [2.05, 4.69) is 36.4 Å². The van der Waals surface area contributed by atoms with Crippen molar-refractivity contribution >= 4 is 23.5 Å². The largest absolute Gasteiger partial charge is 0.481 e. The van der Waals surface area contributed by atoms with E-state index in [1.807, 2.05) is 54.6 Å². The maximum Gasteiger partial charge on any atom is 0.310 e. The van der Waals surface area contributed by atoms with Crippen molar-refractivity contribution in [3.8, 4) is 0 Å². The van der Waals surface area contributed by atoms with Crippen molar-refractivity contribution in [2.24, 2.45) is 0 Å². The fourth-order valence-corrected chi connectivity index (χ4v) is 4.89. The van der Waals surface area contributed by atoms with E-state index in [4.69, 9.17) is 5.11 Å². The molecule has 28 heavy (non-hydrogen) atoms. The summed E-state index contributed by atoms with van der Waals surface area (Å²) in [7, 11) is 0. The lowest BCUT2D eigenvalue weighted by molar-refractivity contribution is -0.140. The minimum atomic E-state index is -1.07. The van der Waals surface area contributed by atoms with Crippen molar-refractivity contribution in [2.75, 3.05) is 5.75 Å². The first-order valence-corrected chi connectivity index (χ1v) is 10.2. The Morgan fingerprint density at radius 3 is 1.46 bits per heavy atom. The summed E-state index contributed by atoms with van der Waals surface area (Å²) in [4.78, 5) is 22.8. The van der Waals surface area contributed by atoms with Crippen LogP contribution in [-0.2, 0) is 14.3 Å². The highest BCUT2D eigenvalue weighted by Crippen LogP contribution is 2.48. The maximum atomic E-state index is 12.0. The van der Waals surface area contributed by atoms with Gasteiger partial charge in [-0.3, -0.25) is 9.59 Å². The molecule has 3 nitrogen and oxygen atoms in total. The lowest BCUT2D eigenvalue weighted by Gasteiger charge is -2.35. The number of benzene rings is 3. The monoisotopic (exact) mass is 390 g/mol. The van der Waals surface area contributed by atoms with Crippen LogP contribution < -0.4 is 0 Å². The molecule has 0 aromatic heterocycles. The van der Waals surface area contributed by atoms with Crippen LogP contribution in [0.2, 0.25) is 0 Å². The van der Waals surface area contributed by atoms with Crippen LogP contribution in [0.4, 0.5) is 0 Å². The van der Waals surface area contributed by atoms with Crippen molar-refractivity contribution in [3.63, 3.8) is 0 Å². The second-order valence-electron chi connectivity index (χ2n) is 6.49. The average molecular weight is 391 g/mol. The van der Waals surface area contributed by atoms with Crippen molar-refractivity contribution in [1.82, 2.24) is 0 Å². The zero-order chi connectivity index (χ0) is 19.8. The van der Waals surface area contributed by atoms with Gasteiger partial charge in [0.2, 0.25) is 0 Å². The van der Waals surface area contributed by atoms with Gasteiger partial charge in [0.05, 0.1) is 4.75 Å². The first-order chi connectivity index (χ1) is 13.6. The first-order valence-electron chi connectivity index (χ1n) is 9.17. The van der Waals surface area contributed by atoms with Gasteiger partial charge in [-0.25, -0.2) is 0 Å². The van der Waals surface area contributed by atoms with Crippen LogP contribution in [0.5, 0.6) is 0 Å². The van der Waals surface area contributed by atoms with Gasteiger partial charge in [0, 0.05) is 12.2 Å². The van der Waals surface area contributed by atoms with E-state index in [9.17, 15) is 9.59 Å².